The van der Waals surface area contributed by atoms with Gasteiger partial charge in [0, 0.05) is 0 Å². The van der Waals surface area contributed by atoms with Crippen molar-refractivity contribution in [1.29, 1.82) is 0 Å². The fourth-order valence-electron chi connectivity index (χ4n) is 0.626. The van der Waals surface area contributed by atoms with E-state index in [9.17, 15) is 9.36 Å². The van der Waals surface area contributed by atoms with Crippen LogP contribution in [0, 0.1) is 0 Å². The highest BCUT2D eigenvalue weighted by molar-refractivity contribution is 7.51. The van der Waals surface area contributed by atoms with Crippen molar-refractivity contribution in [1.82, 2.24) is 0 Å². The lowest BCUT2D eigenvalue weighted by Gasteiger charge is -1.97. The van der Waals surface area contributed by atoms with Crippen molar-refractivity contribution in [3.05, 3.63) is 36.4 Å². The van der Waals surface area contributed by atoms with E-state index < -0.39 is 26.1 Å². The highest BCUT2D eigenvalue weighted by Gasteiger charge is 2.13. The van der Waals surface area contributed by atoms with Crippen LogP contribution < -0.4 is 0 Å². The Bertz CT molecular complexity index is 292. The minimum absolute atomic E-state index is 0.482. The Labute approximate surface area is 87.5 Å². The molecule has 6 heteroatoms. The van der Waals surface area contributed by atoms with E-state index in [1.807, 2.05) is 36.4 Å². The Hall–Kier alpha value is -1.16. The van der Waals surface area contributed by atoms with Crippen molar-refractivity contribution in [2.24, 2.45) is 0 Å². The molecule has 0 aliphatic carbocycles. The minimum Gasteiger partial charge on any atom is -0.481 e. The van der Waals surface area contributed by atoms with Crippen molar-refractivity contribution in [3.8, 4) is 0 Å². The summed E-state index contributed by atoms with van der Waals surface area (Å²) in [6.07, 6.45) is -1.06. The molecule has 0 bridgehead atoms. The summed E-state index contributed by atoms with van der Waals surface area (Å²) in [5.74, 6) is -1.20. The average molecular weight is 232 g/mol. The van der Waals surface area contributed by atoms with Crippen LogP contribution in [0.25, 0.3) is 0 Å². The Balaban J connectivity index is 0.000000280. The van der Waals surface area contributed by atoms with Crippen LogP contribution in [0.3, 0.4) is 0 Å². The number of aliphatic carboxylic acids is 1. The highest BCUT2D eigenvalue weighted by atomic mass is 31.2. The number of hydrogen-bond donors (Lipinski definition) is 3. The van der Waals surface area contributed by atoms with Gasteiger partial charge in [-0.3, -0.25) is 9.36 Å². The molecule has 0 aromatic heterocycles. The first-order chi connectivity index (χ1) is 6.92. The van der Waals surface area contributed by atoms with Crippen LogP contribution in [0.15, 0.2) is 36.4 Å². The molecule has 0 heterocycles. The maximum Gasteiger partial charge on any atom is 0.326 e. The molecule has 3 N–H and O–H groups in total. The minimum atomic E-state index is -4.10. The first kappa shape index (κ1) is 13.8. The second kappa shape index (κ2) is 7.17. The monoisotopic (exact) mass is 232 g/mol. The third-order valence-electron chi connectivity index (χ3n) is 1.28. The third kappa shape index (κ3) is 12.8. The predicted molar refractivity (Wildman–Crippen MR) is 55.6 cm³/mol. The zero-order chi connectivity index (χ0) is 11.7. The van der Waals surface area contributed by atoms with Crippen LogP contribution in [0.2, 0.25) is 0 Å². The maximum absolute atomic E-state index is 9.97. The fourth-order valence-corrected chi connectivity index (χ4v) is 1.11. The first-order valence-electron chi connectivity index (χ1n) is 4.18. The van der Waals surface area contributed by atoms with Gasteiger partial charge in [-0.2, -0.15) is 0 Å². The van der Waals surface area contributed by atoms with Crippen molar-refractivity contribution in [3.63, 3.8) is 0 Å². The lowest BCUT2D eigenvalue weighted by Crippen LogP contribution is -1.98. The van der Waals surface area contributed by atoms with Gasteiger partial charge in [-0.05, 0) is 0 Å². The molecule has 0 unspecified atom stereocenters. The molecule has 0 aliphatic heterocycles. The summed E-state index contributed by atoms with van der Waals surface area (Å²) >= 11 is 0. The lowest BCUT2D eigenvalue weighted by atomic mass is 10.4. The molecule has 0 saturated heterocycles. The standard InChI is InChI=1S/C6H6.C3H7O5P/c1-2-4-6-5-3-1;4-3(5)1-2-9(6,7)8/h1-6H;1-2H2,(H,4,5)(H2,6,7,8). The Morgan fingerprint density at radius 3 is 1.47 bits per heavy atom. The van der Waals surface area contributed by atoms with Crippen LogP contribution in [0.4, 0.5) is 0 Å². The third-order valence-corrected chi connectivity index (χ3v) is 2.09. The molecule has 1 rings (SSSR count). The van der Waals surface area contributed by atoms with Crippen LogP contribution in [-0.4, -0.2) is 27.0 Å². The van der Waals surface area contributed by atoms with Crippen molar-refractivity contribution in [2.45, 2.75) is 6.42 Å². The van der Waals surface area contributed by atoms with Crippen molar-refractivity contribution < 1.29 is 24.3 Å². The smallest absolute Gasteiger partial charge is 0.326 e. The quantitative estimate of drug-likeness (QED) is 0.683. The Morgan fingerprint density at radius 1 is 1.00 bits per heavy atom. The molecule has 0 saturated carbocycles. The van der Waals surface area contributed by atoms with Crippen molar-refractivity contribution >= 4 is 13.6 Å². The first-order valence-corrected chi connectivity index (χ1v) is 5.98. The molecular weight excluding hydrogens is 219 g/mol. The molecular formula is C9H13O5P. The van der Waals surface area contributed by atoms with Crippen molar-refractivity contribution in [2.75, 3.05) is 6.16 Å². The van der Waals surface area contributed by atoms with Gasteiger partial charge in [0.25, 0.3) is 0 Å². The Kier molecular flexibility index (Phi) is 6.62. The topological polar surface area (TPSA) is 94.8 Å². The highest BCUT2D eigenvalue weighted by Crippen LogP contribution is 2.34. The number of carboxylic acid groups (broad SMARTS) is 1. The van der Waals surface area contributed by atoms with Gasteiger partial charge in [-0.15, -0.1) is 0 Å². The molecule has 0 amide bonds. The molecule has 0 atom stereocenters. The number of rotatable bonds is 3. The van der Waals surface area contributed by atoms with E-state index in [-0.39, 0.29) is 0 Å². The van der Waals surface area contributed by atoms with Crippen LogP contribution >= 0.6 is 7.60 Å². The van der Waals surface area contributed by atoms with E-state index in [2.05, 4.69) is 0 Å². The van der Waals surface area contributed by atoms with E-state index in [1.165, 1.54) is 0 Å². The Morgan fingerprint density at radius 2 is 1.33 bits per heavy atom. The van der Waals surface area contributed by atoms with Gasteiger partial charge in [0.2, 0.25) is 0 Å². The van der Waals surface area contributed by atoms with E-state index in [1.54, 1.807) is 0 Å². The summed E-state index contributed by atoms with van der Waals surface area (Å²) < 4.78 is 9.97. The number of hydrogen-bond acceptors (Lipinski definition) is 2. The van der Waals surface area contributed by atoms with Crippen LogP contribution in [0.5, 0.6) is 0 Å². The van der Waals surface area contributed by atoms with Gasteiger partial charge in [-0.1, -0.05) is 36.4 Å². The maximum atomic E-state index is 9.97. The average Bonchev–Trinajstić information content (AvgIpc) is 2.18. The van der Waals surface area contributed by atoms with Crippen LogP contribution in [-0.2, 0) is 9.36 Å². The lowest BCUT2D eigenvalue weighted by molar-refractivity contribution is -0.136. The fraction of sp³-hybridized carbons (Fsp3) is 0.222. The molecule has 5 nitrogen and oxygen atoms in total. The molecule has 0 spiro atoms. The second-order valence-corrected chi connectivity index (χ2v) is 4.46. The van der Waals surface area contributed by atoms with E-state index in [0.29, 0.717) is 0 Å². The second-order valence-electron chi connectivity index (χ2n) is 2.69. The number of carboxylic acids is 1. The molecule has 84 valence electrons. The summed E-state index contributed by atoms with van der Waals surface area (Å²) in [4.78, 5) is 25.9. The van der Waals surface area contributed by atoms with Gasteiger partial charge >= 0.3 is 13.6 Å². The summed E-state index contributed by atoms with van der Waals surface area (Å²) in [6.45, 7) is 0. The molecule has 1 aromatic carbocycles. The zero-order valence-electron chi connectivity index (χ0n) is 7.98. The summed E-state index contributed by atoms with van der Waals surface area (Å²) in [5, 5.41) is 7.93. The summed E-state index contributed by atoms with van der Waals surface area (Å²) in [7, 11) is -4.10. The van der Waals surface area contributed by atoms with Gasteiger partial charge in [0.05, 0.1) is 12.6 Å². The van der Waals surface area contributed by atoms with E-state index >= 15 is 0 Å². The molecule has 15 heavy (non-hydrogen) atoms. The van der Waals surface area contributed by atoms with E-state index in [4.69, 9.17) is 14.9 Å². The van der Waals surface area contributed by atoms with E-state index in [0.717, 1.165) is 0 Å². The molecule has 1 aromatic rings. The van der Waals surface area contributed by atoms with Gasteiger partial charge < -0.3 is 14.9 Å². The zero-order valence-corrected chi connectivity index (χ0v) is 8.88. The van der Waals surface area contributed by atoms with Gasteiger partial charge in [0.15, 0.2) is 0 Å². The molecule has 0 fully saturated rings. The SMILES string of the molecule is O=C(O)CCP(=O)(O)O.c1ccccc1. The summed E-state index contributed by atoms with van der Waals surface area (Å²) in [5.41, 5.74) is 0. The summed E-state index contributed by atoms with van der Waals surface area (Å²) in [6, 6.07) is 12.0. The largest absolute Gasteiger partial charge is 0.481 e. The molecule has 0 radical (unpaired) electrons. The predicted octanol–water partition coefficient (Wildman–Crippen LogP) is 1.33. The van der Waals surface area contributed by atoms with Gasteiger partial charge in [-0.25, -0.2) is 0 Å². The normalized spacial score (nSPS) is 10.0. The molecule has 0 aliphatic rings. The number of benzene rings is 1. The number of carbonyl (C=O) groups is 1. The van der Waals surface area contributed by atoms with Gasteiger partial charge in [0.1, 0.15) is 0 Å². The van der Waals surface area contributed by atoms with Crippen LogP contribution in [0.1, 0.15) is 6.42 Å².